The quantitative estimate of drug-likeness (QED) is 0.316. The molecule has 1 unspecified atom stereocenters. The molecule has 170 valence electrons. The van der Waals surface area contributed by atoms with E-state index in [0.29, 0.717) is 45.6 Å². The highest BCUT2D eigenvalue weighted by molar-refractivity contribution is 7.85. The molecule has 1 rings (SSSR count). The highest BCUT2D eigenvalue weighted by Gasteiger charge is 2.31. The van der Waals surface area contributed by atoms with Crippen LogP contribution in [0, 0.1) is 0 Å². The van der Waals surface area contributed by atoms with Gasteiger partial charge in [0.05, 0.1) is 5.60 Å². The molecule has 0 saturated carbocycles. The molecule has 0 aromatic heterocycles. The topological polar surface area (TPSA) is 151 Å². The molecule has 1 saturated heterocycles. The van der Waals surface area contributed by atoms with Gasteiger partial charge in [0.1, 0.15) is 11.8 Å². The van der Waals surface area contributed by atoms with Crippen molar-refractivity contribution in [2.24, 2.45) is 5.73 Å². The number of rotatable bonds is 11. The van der Waals surface area contributed by atoms with Crippen molar-refractivity contribution in [1.29, 1.82) is 0 Å². The maximum Gasteiger partial charge on any atom is 0.267 e. The van der Waals surface area contributed by atoms with Gasteiger partial charge in [0.15, 0.2) is 0 Å². The Morgan fingerprint density at radius 2 is 1.79 bits per heavy atom. The summed E-state index contributed by atoms with van der Waals surface area (Å²) in [5.41, 5.74) is 5.00. The highest BCUT2D eigenvalue weighted by Crippen LogP contribution is 2.18. The second kappa shape index (κ2) is 10.7. The van der Waals surface area contributed by atoms with E-state index in [1.54, 1.807) is 0 Å². The minimum absolute atomic E-state index is 0.0514. The second-order valence-electron chi connectivity index (χ2n) is 8.79. The van der Waals surface area contributed by atoms with Crippen molar-refractivity contribution in [2.45, 2.75) is 64.1 Å². The fourth-order valence-electron chi connectivity index (χ4n) is 2.83. The van der Waals surface area contributed by atoms with Gasteiger partial charge in [0.2, 0.25) is 11.8 Å². The van der Waals surface area contributed by atoms with Crippen LogP contribution in [0.1, 0.15) is 47.0 Å². The first-order valence-electron chi connectivity index (χ1n) is 9.85. The summed E-state index contributed by atoms with van der Waals surface area (Å²) in [6, 6.07) is -1.32. The number of hydrogen-bond donors (Lipinski definition) is 4. The van der Waals surface area contributed by atoms with Crippen LogP contribution in [-0.4, -0.2) is 85.4 Å². The maximum atomic E-state index is 12.6. The van der Waals surface area contributed by atoms with Gasteiger partial charge in [-0.25, -0.2) is 0 Å². The lowest BCUT2D eigenvalue weighted by atomic mass is 10.0. The first-order chi connectivity index (χ1) is 13.2. The van der Waals surface area contributed by atoms with Crippen molar-refractivity contribution in [3.05, 3.63) is 0 Å². The van der Waals surface area contributed by atoms with E-state index < -0.39 is 39.3 Å². The number of nitrogens with two attached hydrogens (primary N) is 1. The summed E-state index contributed by atoms with van der Waals surface area (Å²) in [5.74, 6) is -1.84. The van der Waals surface area contributed by atoms with Gasteiger partial charge in [0, 0.05) is 44.7 Å². The molecule has 10 nitrogen and oxygen atoms in total. The SMILES string of the molecule is CC(C)(N)CCOC(C)(C)CCC(=O)NC(CS(=O)(=O)O)C(=O)N1CCNCC1. The van der Waals surface area contributed by atoms with Gasteiger partial charge in [-0.1, -0.05) is 0 Å². The number of hydrogen-bond acceptors (Lipinski definition) is 7. The third-order valence-electron chi connectivity index (χ3n) is 4.63. The largest absolute Gasteiger partial charge is 0.375 e. The monoisotopic (exact) mass is 436 g/mol. The number of carbonyl (C=O) groups excluding carboxylic acids is 2. The summed E-state index contributed by atoms with van der Waals surface area (Å²) in [4.78, 5) is 26.5. The molecule has 0 aromatic rings. The van der Waals surface area contributed by atoms with Gasteiger partial charge in [-0.3, -0.25) is 14.1 Å². The van der Waals surface area contributed by atoms with Crippen molar-refractivity contribution in [3.63, 3.8) is 0 Å². The molecule has 1 atom stereocenters. The van der Waals surface area contributed by atoms with E-state index in [0.717, 1.165) is 0 Å². The summed E-state index contributed by atoms with van der Waals surface area (Å²) >= 11 is 0. The molecule has 2 amide bonds. The molecule has 0 bridgehead atoms. The molecule has 29 heavy (non-hydrogen) atoms. The summed E-state index contributed by atoms with van der Waals surface area (Å²) in [6.07, 6.45) is 1.10. The molecular weight excluding hydrogens is 400 g/mol. The zero-order valence-electron chi connectivity index (χ0n) is 17.9. The highest BCUT2D eigenvalue weighted by atomic mass is 32.2. The molecular formula is C18H36N4O6S. The lowest BCUT2D eigenvalue weighted by Gasteiger charge is -2.31. The minimum atomic E-state index is -4.44. The van der Waals surface area contributed by atoms with Crippen LogP contribution in [0.15, 0.2) is 0 Å². The number of piperazine rings is 1. The van der Waals surface area contributed by atoms with E-state index in [9.17, 15) is 22.6 Å². The Hall–Kier alpha value is -1.27. The predicted octanol–water partition coefficient (Wildman–Crippen LogP) is -0.506. The van der Waals surface area contributed by atoms with Gasteiger partial charge in [-0.05, 0) is 40.5 Å². The van der Waals surface area contributed by atoms with Crippen LogP contribution in [0.2, 0.25) is 0 Å². The van der Waals surface area contributed by atoms with Crippen LogP contribution in [0.3, 0.4) is 0 Å². The Morgan fingerprint density at radius 1 is 1.21 bits per heavy atom. The smallest absolute Gasteiger partial charge is 0.267 e. The van der Waals surface area contributed by atoms with Crippen LogP contribution < -0.4 is 16.4 Å². The summed E-state index contributed by atoms with van der Waals surface area (Å²) in [5, 5.41) is 5.55. The second-order valence-corrected chi connectivity index (χ2v) is 10.3. The van der Waals surface area contributed by atoms with Crippen molar-refractivity contribution in [1.82, 2.24) is 15.5 Å². The van der Waals surface area contributed by atoms with E-state index in [4.69, 9.17) is 10.5 Å². The average molecular weight is 437 g/mol. The Kier molecular flexibility index (Phi) is 9.48. The van der Waals surface area contributed by atoms with Gasteiger partial charge in [-0.15, -0.1) is 0 Å². The van der Waals surface area contributed by atoms with E-state index >= 15 is 0 Å². The van der Waals surface area contributed by atoms with Crippen LogP contribution in [0.5, 0.6) is 0 Å². The van der Waals surface area contributed by atoms with Crippen LogP contribution in [0.4, 0.5) is 0 Å². The maximum absolute atomic E-state index is 12.6. The average Bonchev–Trinajstić information content (AvgIpc) is 2.57. The molecule has 0 radical (unpaired) electrons. The molecule has 5 N–H and O–H groups in total. The van der Waals surface area contributed by atoms with Crippen molar-refractivity contribution < 1.29 is 27.3 Å². The summed E-state index contributed by atoms with van der Waals surface area (Å²) < 4.78 is 37.6. The Labute approximate surface area is 173 Å². The lowest BCUT2D eigenvalue weighted by molar-refractivity contribution is -0.136. The van der Waals surface area contributed by atoms with E-state index in [1.807, 2.05) is 27.7 Å². The van der Waals surface area contributed by atoms with Crippen LogP contribution in [0.25, 0.3) is 0 Å². The standard InChI is InChI=1S/C18H36N4O6S/c1-17(2,19)7-12-28-18(3,4)6-5-15(23)21-14(13-29(25,26)27)16(24)22-10-8-20-9-11-22/h14,20H,5-13,19H2,1-4H3,(H,21,23)(H,25,26,27). The number of nitrogens with zero attached hydrogens (tertiary/aromatic N) is 1. The molecule has 1 aliphatic heterocycles. The zero-order valence-corrected chi connectivity index (χ0v) is 18.7. The van der Waals surface area contributed by atoms with Crippen LogP contribution >= 0.6 is 0 Å². The van der Waals surface area contributed by atoms with Crippen molar-refractivity contribution in [3.8, 4) is 0 Å². The summed E-state index contributed by atoms with van der Waals surface area (Å²) in [7, 11) is -4.44. The third-order valence-corrected chi connectivity index (χ3v) is 5.39. The normalized spacial score (nSPS) is 17.1. The fourth-order valence-corrected chi connectivity index (χ4v) is 3.48. The molecule has 11 heteroatoms. The first kappa shape index (κ1) is 25.8. The van der Waals surface area contributed by atoms with Gasteiger partial charge < -0.3 is 26.0 Å². The molecule has 0 aromatic carbocycles. The lowest BCUT2D eigenvalue weighted by Crippen LogP contribution is -2.56. The zero-order chi connectivity index (χ0) is 22.3. The number of amides is 2. The van der Waals surface area contributed by atoms with Gasteiger partial charge in [-0.2, -0.15) is 8.42 Å². The van der Waals surface area contributed by atoms with Crippen molar-refractivity contribution >= 4 is 21.9 Å². The van der Waals surface area contributed by atoms with Gasteiger partial charge >= 0.3 is 0 Å². The molecule has 0 spiro atoms. The third kappa shape index (κ3) is 11.5. The minimum Gasteiger partial charge on any atom is -0.375 e. The summed E-state index contributed by atoms with van der Waals surface area (Å²) in [6.45, 7) is 9.96. The molecule has 1 fully saturated rings. The van der Waals surface area contributed by atoms with E-state index in [1.165, 1.54) is 4.90 Å². The first-order valence-corrected chi connectivity index (χ1v) is 11.5. The van der Waals surface area contributed by atoms with Crippen LogP contribution in [-0.2, 0) is 24.4 Å². The van der Waals surface area contributed by atoms with Crippen molar-refractivity contribution in [2.75, 3.05) is 38.5 Å². The van der Waals surface area contributed by atoms with Gasteiger partial charge in [0.25, 0.3) is 10.1 Å². The molecule has 1 heterocycles. The number of ether oxygens (including phenoxy) is 1. The molecule has 1 aliphatic rings. The Morgan fingerprint density at radius 3 is 2.31 bits per heavy atom. The van der Waals surface area contributed by atoms with E-state index in [-0.39, 0.29) is 12.0 Å². The predicted molar refractivity (Wildman–Crippen MR) is 110 cm³/mol. The fraction of sp³-hybridized carbons (Fsp3) is 0.889. The number of carbonyl (C=O) groups is 2. The Bertz CT molecular complexity index is 654. The Balaban J connectivity index is 2.61. The van der Waals surface area contributed by atoms with E-state index in [2.05, 4.69) is 10.6 Å². The molecule has 0 aliphatic carbocycles. The number of nitrogens with one attached hydrogen (secondary N) is 2.